The Labute approximate surface area is 150 Å². The Kier molecular flexibility index (Phi) is 4.87. The minimum Gasteiger partial charge on any atom is -0.396 e. The van der Waals surface area contributed by atoms with Crippen molar-refractivity contribution >= 4 is 0 Å². The van der Waals surface area contributed by atoms with E-state index in [2.05, 4.69) is 13.8 Å². The molecule has 3 aliphatic carbocycles. The lowest BCUT2D eigenvalue weighted by Crippen LogP contribution is -2.58. The molecule has 0 aromatic carbocycles. The highest BCUT2D eigenvalue weighted by Gasteiger charge is 2.59. The predicted molar refractivity (Wildman–Crippen MR) is 94.7 cm³/mol. The van der Waals surface area contributed by atoms with Crippen molar-refractivity contribution in [2.24, 2.45) is 28.1 Å². The molecule has 0 spiro atoms. The van der Waals surface area contributed by atoms with Gasteiger partial charge in [-0.1, -0.05) is 32.4 Å². The van der Waals surface area contributed by atoms with Gasteiger partial charge in [0.25, 0.3) is 0 Å². The van der Waals surface area contributed by atoms with Crippen LogP contribution in [-0.2, 0) is 0 Å². The second-order valence-corrected chi connectivity index (χ2v) is 9.56. The summed E-state index contributed by atoms with van der Waals surface area (Å²) in [6.45, 7) is 5.78. The fourth-order valence-electron chi connectivity index (χ4n) is 6.43. The van der Waals surface area contributed by atoms with Crippen LogP contribution < -0.4 is 0 Å². The minimum absolute atomic E-state index is 0.0690. The highest BCUT2D eigenvalue weighted by molar-refractivity contribution is 5.27. The van der Waals surface area contributed by atoms with E-state index < -0.39 is 23.7 Å². The zero-order valence-corrected chi connectivity index (χ0v) is 15.6. The zero-order chi connectivity index (χ0) is 18.6. The van der Waals surface area contributed by atoms with Crippen molar-refractivity contribution in [3.8, 4) is 0 Å². The van der Waals surface area contributed by atoms with Gasteiger partial charge in [-0.15, -0.1) is 0 Å². The van der Waals surface area contributed by atoms with E-state index in [0.717, 1.165) is 12.8 Å². The molecule has 5 N–H and O–H groups in total. The molecule has 3 rings (SSSR count). The summed E-state index contributed by atoms with van der Waals surface area (Å²) in [5, 5.41) is 50.9. The zero-order valence-electron chi connectivity index (χ0n) is 15.6. The standard InChI is InChI=1S/C20H34O5/c1-18(11-22)8-13(23)9-19(2)14-6-16(24)20(3,17(25)10-21)7-12(14)4-5-15(18)19/h7,13-17,21-25H,4-6,8-11H2,1-3H3. The molecule has 0 aromatic heterocycles. The highest BCUT2D eigenvalue weighted by Crippen LogP contribution is 2.63. The maximum absolute atomic E-state index is 10.8. The van der Waals surface area contributed by atoms with Crippen LogP contribution in [0.2, 0.25) is 0 Å². The maximum Gasteiger partial charge on any atom is 0.0883 e. The van der Waals surface area contributed by atoms with Crippen molar-refractivity contribution in [2.75, 3.05) is 13.2 Å². The molecule has 25 heavy (non-hydrogen) atoms. The van der Waals surface area contributed by atoms with Gasteiger partial charge in [-0.25, -0.2) is 0 Å². The Balaban J connectivity index is 2.00. The van der Waals surface area contributed by atoms with E-state index in [1.54, 1.807) is 0 Å². The number of rotatable bonds is 3. The molecule has 3 aliphatic rings. The highest BCUT2D eigenvalue weighted by atomic mass is 16.3. The summed E-state index contributed by atoms with van der Waals surface area (Å²) in [6.07, 6.45) is 3.50. The number of allylic oxidation sites excluding steroid dienone is 1. The van der Waals surface area contributed by atoms with Crippen molar-refractivity contribution in [1.29, 1.82) is 0 Å². The molecule has 0 aliphatic heterocycles. The molecular formula is C20H34O5. The molecular weight excluding hydrogens is 320 g/mol. The third kappa shape index (κ3) is 2.79. The number of hydrogen-bond acceptors (Lipinski definition) is 5. The van der Waals surface area contributed by atoms with Crippen LogP contribution in [0, 0.1) is 28.1 Å². The third-order valence-electron chi connectivity index (χ3n) is 7.91. The molecule has 2 fully saturated rings. The van der Waals surface area contributed by atoms with Gasteiger partial charge in [0.15, 0.2) is 0 Å². The van der Waals surface area contributed by atoms with Gasteiger partial charge in [-0.05, 0) is 54.8 Å². The largest absolute Gasteiger partial charge is 0.396 e. The van der Waals surface area contributed by atoms with Crippen molar-refractivity contribution in [2.45, 2.75) is 71.2 Å². The second kappa shape index (κ2) is 6.31. The molecule has 8 unspecified atom stereocenters. The van der Waals surface area contributed by atoms with Gasteiger partial charge in [0, 0.05) is 12.0 Å². The molecule has 0 heterocycles. The molecule has 144 valence electrons. The second-order valence-electron chi connectivity index (χ2n) is 9.56. The lowest BCUT2D eigenvalue weighted by atomic mass is 9.44. The summed E-state index contributed by atoms with van der Waals surface area (Å²) in [7, 11) is 0. The quantitative estimate of drug-likeness (QED) is 0.491. The first-order chi connectivity index (χ1) is 11.6. The van der Waals surface area contributed by atoms with Crippen LogP contribution in [-0.4, -0.2) is 57.1 Å². The van der Waals surface area contributed by atoms with E-state index >= 15 is 0 Å². The van der Waals surface area contributed by atoms with E-state index in [4.69, 9.17) is 0 Å². The summed E-state index contributed by atoms with van der Waals surface area (Å²) in [6, 6.07) is 0. The van der Waals surface area contributed by atoms with E-state index in [0.29, 0.717) is 25.2 Å². The fourth-order valence-corrected chi connectivity index (χ4v) is 6.43. The first kappa shape index (κ1) is 19.3. The first-order valence-corrected chi connectivity index (χ1v) is 9.58. The number of hydrogen-bond donors (Lipinski definition) is 5. The molecule has 5 nitrogen and oxygen atoms in total. The van der Waals surface area contributed by atoms with Crippen molar-refractivity contribution in [3.05, 3.63) is 11.6 Å². The van der Waals surface area contributed by atoms with E-state index in [9.17, 15) is 25.5 Å². The van der Waals surface area contributed by atoms with Gasteiger partial charge in [0.2, 0.25) is 0 Å². The Morgan fingerprint density at radius 2 is 1.84 bits per heavy atom. The van der Waals surface area contributed by atoms with Crippen molar-refractivity contribution in [1.82, 2.24) is 0 Å². The lowest BCUT2D eigenvalue weighted by molar-refractivity contribution is -0.146. The van der Waals surface area contributed by atoms with Crippen LogP contribution in [0.25, 0.3) is 0 Å². The summed E-state index contributed by atoms with van der Waals surface area (Å²) < 4.78 is 0. The van der Waals surface area contributed by atoms with Crippen LogP contribution in [0.3, 0.4) is 0 Å². The SMILES string of the molecule is CC1(CO)CC(O)CC2(C)C3CC(O)C(C)(C(O)CO)C=C3CCC12. The predicted octanol–water partition coefficient (Wildman–Crippen LogP) is 1.22. The van der Waals surface area contributed by atoms with Crippen LogP contribution in [0.5, 0.6) is 0 Å². The average Bonchev–Trinajstić information content (AvgIpc) is 2.55. The van der Waals surface area contributed by atoms with Gasteiger partial charge < -0.3 is 25.5 Å². The molecule has 2 saturated carbocycles. The monoisotopic (exact) mass is 354 g/mol. The molecule has 0 bridgehead atoms. The summed E-state index contributed by atoms with van der Waals surface area (Å²) in [5.74, 6) is 0.441. The van der Waals surface area contributed by atoms with E-state index in [-0.39, 0.29) is 30.0 Å². The molecule has 5 heteroatoms. The summed E-state index contributed by atoms with van der Waals surface area (Å²) in [5.41, 5.74) is -0.0782. The number of fused-ring (bicyclic) bond motifs is 3. The van der Waals surface area contributed by atoms with E-state index in [1.807, 2.05) is 13.0 Å². The molecule has 0 aromatic rings. The van der Waals surface area contributed by atoms with Crippen LogP contribution in [0.15, 0.2) is 11.6 Å². The van der Waals surface area contributed by atoms with Crippen LogP contribution in [0.1, 0.15) is 52.9 Å². The summed E-state index contributed by atoms with van der Waals surface area (Å²) >= 11 is 0. The van der Waals surface area contributed by atoms with Crippen molar-refractivity contribution < 1.29 is 25.5 Å². The van der Waals surface area contributed by atoms with Gasteiger partial charge >= 0.3 is 0 Å². The number of aliphatic hydroxyl groups is 5. The molecule has 8 atom stereocenters. The Hall–Kier alpha value is -0.460. The van der Waals surface area contributed by atoms with Gasteiger partial charge in [-0.3, -0.25) is 0 Å². The first-order valence-electron chi connectivity index (χ1n) is 9.58. The minimum atomic E-state index is -0.985. The van der Waals surface area contributed by atoms with Crippen LogP contribution >= 0.6 is 0 Å². The average molecular weight is 354 g/mol. The Morgan fingerprint density at radius 3 is 2.44 bits per heavy atom. The normalized spacial score (nSPS) is 51.3. The van der Waals surface area contributed by atoms with Gasteiger partial charge in [0.05, 0.1) is 24.9 Å². The Bertz CT molecular complexity index is 548. The Morgan fingerprint density at radius 1 is 1.16 bits per heavy atom. The van der Waals surface area contributed by atoms with E-state index in [1.165, 1.54) is 5.57 Å². The number of aliphatic hydroxyl groups excluding tert-OH is 5. The molecule has 0 saturated heterocycles. The lowest BCUT2D eigenvalue weighted by Gasteiger charge is -2.61. The van der Waals surface area contributed by atoms with Gasteiger partial charge in [0.1, 0.15) is 0 Å². The van der Waals surface area contributed by atoms with Gasteiger partial charge in [-0.2, -0.15) is 0 Å². The topological polar surface area (TPSA) is 101 Å². The maximum atomic E-state index is 10.8. The molecule has 0 radical (unpaired) electrons. The summed E-state index contributed by atoms with van der Waals surface area (Å²) in [4.78, 5) is 0. The fraction of sp³-hybridized carbons (Fsp3) is 0.900. The third-order valence-corrected chi connectivity index (χ3v) is 7.91. The molecule has 0 amide bonds. The van der Waals surface area contributed by atoms with Crippen LogP contribution in [0.4, 0.5) is 0 Å². The smallest absolute Gasteiger partial charge is 0.0883 e. The van der Waals surface area contributed by atoms with Crippen molar-refractivity contribution in [3.63, 3.8) is 0 Å².